The lowest BCUT2D eigenvalue weighted by atomic mass is 9.78. The van der Waals surface area contributed by atoms with Crippen molar-refractivity contribution in [3.05, 3.63) is 29.8 Å². The molecule has 0 saturated carbocycles. The van der Waals surface area contributed by atoms with Gasteiger partial charge in [-0.15, -0.1) is 11.8 Å². The van der Waals surface area contributed by atoms with E-state index in [1.807, 2.05) is 0 Å². The van der Waals surface area contributed by atoms with E-state index < -0.39 is 5.79 Å². The van der Waals surface area contributed by atoms with E-state index in [-0.39, 0.29) is 5.41 Å². The van der Waals surface area contributed by atoms with Crippen LogP contribution in [0, 0.1) is 12.3 Å². The lowest BCUT2D eigenvalue weighted by Gasteiger charge is -2.45. The molecule has 1 heterocycles. The third kappa shape index (κ3) is 2.90. The molecule has 0 bridgehead atoms. The Bertz CT molecular complexity index is 399. The van der Waals surface area contributed by atoms with Gasteiger partial charge in [-0.1, -0.05) is 31.5 Å². The lowest BCUT2D eigenvalue weighted by Crippen LogP contribution is -2.52. The van der Waals surface area contributed by atoms with Crippen molar-refractivity contribution in [1.29, 1.82) is 0 Å². The van der Waals surface area contributed by atoms with Crippen molar-refractivity contribution < 1.29 is 9.84 Å². The van der Waals surface area contributed by atoms with Crippen LogP contribution in [0.2, 0.25) is 0 Å². The van der Waals surface area contributed by atoms with Crippen molar-refractivity contribution in [2.45, 2.75) is 44.3 Å². The molecule has 2 nitrogen and oxygen atoms in total. The second-order valence-corrected chi connectivity index (χ2v) is 6.77. The van der Waals surface area contributed by atoms with Crippen LogP contribution in [0.15, 0.2) is 29.2 Å². The third-order valence-corrected chi connectivity index (χ3v) is 4.94. The fourth-order valence-corrected chi connectivity index (χ4v) is 3.36. The minimum absolute atomic E-state index is 0.178. The number of aliphatic hydroxyl groups is 1. The maximum absolute atomic E-state index is 10.7. The Hall–Kier alpha value is -0.510. The monoisotopic (exact) mass is 266 g/mol. The molecule has 3 heteroatoms. The highest BCUT2D eigenvalue weighted by molar-refractivity contribution is 7.99. The van der Waals surface area contributed by atoms with E-state index in [2.05, 4.69) is 45.0 Å². The van der Waals surface area contributed by atoms with E-state index in [1.165, 1.54) is 10.5 Å². The Kier molecular flexibility index (Phi) is 4.05. The Morgan fingerprint density at radius 2 is 1.94 bits per heavy atom. The quantitative estimate of drug-likeness (QED) is 0.847. The molecule has 1 aromatic carbocycles. The lowest BCUT2D eigenvalue weighted by molar-refractivity contribution is -0.271. The molecule has 18 heavy (non-hydrogen) atoms. The second-order valence-electron chi connectivity index (χ2n) is 5.72. The van der Waals surface area contributed by atoms with E-state index in [9.17, 15) is 5.11 Å². The van der Waals surface area contributed by atoms with Gasteiger partial charge in [0.25, 0.3) is 0 Å². The minimum atomic E-state index is -1.01. The molecule has 1 fully saturated rings. The molecule has 1 N–H and O–H groups in total. The average Bonchev–Trinajstić information content (AvgIpc) is 2.33. The first-order valence-corrected chi connectivity index (χ1v) is 7.47. The fraction of sp³-hybridized carbons (Fsp3) is 0.600. The molecule has 1 aliphatic rings. The van der Waals surface area contributed by atoms with Crippen LogP contribution in [0.3, 0.4) is 0 Å². The summed E-state index contributed by atoms with van der Waals surface area (Å²) < 4.78 is 5.66. The molecule has 1 atom stereocenters. The summed E-state index contributed by atoms with van der Waals surface area (Å²) in [5.74, 6) is -0.427. The normalized spacial score (nSPS) is 27.1. The van der Waals surface area contributed by atoms with E-state index in [0.717, 1.165) is 12.8 Å². The maximum atomic E-state index is 10.7. The number of aryl methyl sites for hydroxylation is 1. The van der Waals surface area contributed by atoms with Gasteiger partial charge >= 0.3 is 0 Å². The van der Waals surface area contributed by atoms with Crippen molar-refractivity contribution in [2.75, 3.05) is 12.4 Å². The summed E-state index contributed by atoms with van der Waals surface area (Å²) in [5, 5.41) is 10.7. The van der Waals surface area contributed by atoms with Crippen molar-refractivity contribution in [2.24, 2.45) is 5.41 Å². The Morgan fingerprint density at radius 1 is 1.28 bits per heavy atom. The SMILES string of the molecule is Cc1ccc(SCC2(O)OCCCC2(C)C)cc1. The zero-order chi connectivity index (χ0) is 13.2. The molecule has 1 aliphatic heterocycles. The second kappa shape index (κ2) is 5.24. The van der Waals surface area contributed by atoms with Crippen LogP contribution >= 0.6 is 11.8 Å². The summed E-state index contributed by atoms with van der Waals surface area (Å²) in [7, 11) is 0. The van der Waals surface area contributed by atoms with Crippen molar-refractivity contribution in [3.8, 4) is 0 Å². The molecule has 100 valence electrons. The predicted octanol–water partition coefficient (Wildman–Crippen LogP) is 3.61. The topological polar surface area (TPSA) is 29.5 Å². The van der Waals surface area contributed by atoms with Crippen LogP contribution < -0.4 is 0 Å². The highest BCUT2D eigenvalue weighted by Crippen LogP contribution is 2.43. The van der Waals surface area contributed by atoms with Crippen LogP contribution in [-0.4, -0.2) is 23.3 Å². The zero-order valence-electron chi connectivity index (χ0n) is 11.4. The van der Waals surface area contributed by atoms with E-state index in [1.54, 1.807) is 11.8 Å². The van der Waals surface area contributed by atoms with Crippen LogP contribution in [0.25, 0.3) is 0 Å². The number of hydrogen-bond donors (Lipinski definition) is 1. The van der Waals surface area contributed by atoms with Gasteiger partial charge in [0.15, 0.2) is 5.79 Å². The van der Waals surface area contributed by atoms with Gasteiger partial charge in [0.1, 0.15) is 0 Å². The summed E-state index contributed by atoms with van der Waals surface area (Å²) in [4.78, 5) is 1.18. The maximum Gasteiger partial charge on any atom is 0.180 e. The highest BCUT2D eigenvalue weighted by atomic mass is 32.2. The number of ether oxygens (including phenoxy) is 1. The van der Waals surface area contributed by atoms with Gasteiger partial charge in [-0.25, -0.2) is 0 Å². The van der Waals surface area contributed by atoms with Crippen LogP contribution in [0.1, 0.15) is 32.3 Å². The molecule has 2 rings (SSSR count). The van der Waals surface area contributed by atoms with E-state index in [4.69, 9.17) is 4.74 Å². The van der Waals surface area contributed by atoms with Gasteiger partial charge in [-0.3, -0.25) is 0 Å². The van der Waals surface area contributed by atoms with Crippen molar-refractivity contribution in [1.82, 2.24) is 0 Å². The summed E-state index contributed by atoms with van der Waals surface area (Å²) in [5.41, 5.74) is 1.08. The number of hydrogen-bond acceptors (Lipinski definition) is 3. The van der Waals surface area contributed by atoms with Crippen molar-refractivity contribution >= 4 is 11.8 Å². The molecule has 0 aromatic heterocycles. The molecule has 1 saturated heterocycles. The first kappa shape index (κ1) is 13.9. The Morgan fingerprint density at radius 3 is 2.56 bits per heavy atom. The van der Waals surface area contributed by atoms with E-state index in [0.29, 0.717) is 12.4 Å². The Balaban J connectivity index is 2.02. The molecule has 1 unspecified atom stereocenters. The summed E-state index contributed by atoms with van der Waals surface area (Å²) in [6.45, 7) is 6.91. The smallest absolute Gasteiger partial charge is 0.180 e. The molecular weight excluding hydrogens is 244 g/mol. The van der Waals surface area contributed by atoms with Gasteiger partial charge in [0.05, 0.1) is 12.4 Å². The summed E-state index contributed by atoms with van der Waals surface area (Å²) in [6.07, 6.45) is 2.04. The van der Waals surface area contributed by atoms with Gasteiger partial charge in [-0.2, -0.15) is 0 Å². The number of thioether (sulfide) groups is 1. The van der Waals surface area contributed by atoms with Crippen LogP contribution in [0.5, 0.6) is 0 Å². The minimum Gasteiger partial charge on any atom is -0.364 e. The van der Waals surface area contributed by atoms with Gasteiger partial charge < -0.3 is 9.84 Å². The molecular formula is C15H22O2S. The highest BCUT2D eigenvalue weighted by Gasteiger charge is 2.46. The van der Waals surface area contributed by atoms with Gasteiger partial charge in [0.2, 0.25) is 0 Å². The van der Waals surface area contributed by atoms with Crippen LogP contribution in [-0.2, 0) is 4.74 Å². The first-order chi connectivity index (χ1) is 8.43. The third-order valence-electron chi connectivity index (χ3n) is 3.80. The summed E-state index contributed by atoms with van der Waals surface area (Å²) in [6, 6.07) is 8.39. The van der Waals surface area contributed by atoms with Crippen LogP contribution in [0.4, 0.5) is 0 Å². The molecule has 1 aromatic rings. The fourth-order valence-electron chi connectivity index (χ4n) is 2.20. The summed E-state index contributed by atoms with van der Waals surface area (Å²) >= 11 is 1.66. The molecule has 0 aliphatic carbocycles. The molecule has 0 radical (unpaired) electrons. The van der Waals surface area contributed by atoms with Crippen molar-refractivity contribution in [3.63, 3.8) is 0 Å². The standard InChI is InChI=1S/C15H22O2S/c1-12-5-7-13(8-6-12)18-11-15(16)14(2,3)9-4-10-17-15/h5-8,16H,4,9-11H2,1-3H3. The van der Waals surface area contributed by atoms with Gasteiger partial charge in [-0.05, 0) is 31.9 Å². The number of rotatable bonds is 3. The van der Waals surface area contributed by atoms with Gasteiger partial charge in [0, 0.05) is 10.3 Å². The predicted molar refractivity (Wildman–Crippen MR) is 75.8 cm³/mol. The number of benzene rings is 1. The largest absolute Gasteiger partial charge is 0.364 e. The van der Waals surface area contributed by atoms with E-state index >= 15 is 0 Å². The zero-order valence-corrected chi connectivity index (χ0v) is 12.2. The molecule has 0 amide bonds. The Labute approximate surface area is 114 Å². The first-order valence-electron chi connectivity index (χ1n) is 6.49. The molecule has 0 spiro atoms. The average molecular weight is 266 g/mol.